The molecule has 1 aromatic carbocycles. The first-order chi connectivity index (χ1) is 11.4. The lowest BCUT2D eigenvalue weighted by atomic mass is 9.65. The zero-order valence-corrected chi connectivity index (χ0v) is 14.3. The molecule has 1 atom stereocenters. The summed E-state index contributed by atoms with van der Waals surface area (Å²) in [4.78, 5) is 12.6. The fourth-order valence-corrected chi connectivity index (χ4v) is 4.19. The molecule has 2 aliphatic carbocycles. The van der Waals surface area contributed by atoms with Crippen LogP contribution >= 0.6 is 0 Å². The van der Waals surface area contributed by atoms with E-state index in [1.165, 1.54) is 23.3 Å². The first-order valence-corrected chi connectivity index (χ1v) is 8.31. The van der Waals surface area contributed by atoms with Crippen molar-refractivity contribution in [1.82, 2.24) is 5.01 Å². The largest absolute Gasteiger partial charge is 0.298 e. The lowest BCUT2D eigenvalue weighted by molar-refractivity contribution is -0.125. The number of carbonyl (C=O) groups excluding carboxylic acids is 1. The lowest BCUT2D eigenvalue weighted by Gasteiger charge is -2.38. The summed E-state index contributed by atoms with van der Waals surface area (Å²) in [7, 11) is 2.02. The number of allylic oxidation sites excluding steroid dienone is 4. The number of fused-ring (bicyclic) bond motifs is 1. The number of hydrogen-bond acceptors (Lipinski definition) is 3. The first-order valence-electron chi connectivity index (χ1n) is 8.31. The topological polar surface area (TPSA) is 23.6 Å². The number of carbonyl (C=O) groups is 1. The van der Waals surface area contributed by atoms with E-state index in [2.05, 4.69) is 29.9 Å². The van der Waals surface area contributed by atoms with E-state index in [1.54, 1.807) is 12.1 Å². The molecule has 0 N–H and O–H groups in total. The summed E-state index contributed by atoms with van der Waals surface area (Å²) < 4.78 is 13.3. The fourth-order valence-electron chi connectivity index (χ4n) is 4.19. The van der Waals surface area contributed by atoms with Crippen molar-refractivity contribution in [3.63, 3.8) is 0 Å². The quantitative estimate of drug-likeness (QED) is 0.780. The summed E-state index contributed by atoms with van der Waals surface area (Å²) in [6, 6.07) is 6.56. The van der Waals surface area contributed by atoms with Crippen LogP contribution in [0.15, 0.2) is 58.8 Å². The van der Waals surface area contributed by atoms with Gasteiger partial charge in [-0.1, -0.05) is 11.6 Å². The predicted molar refractivity (Wildman–Crippen MR) is 92.7 cm³/mol. The van der Waals surface area contributed by atoms with Crippen molar-refractivity contribution in [2.45, 2.75) is 26.7 Å². The molecule has 0 fully saturated rings. The Hall–Kier alpha value is -2.20. The predicted octanol–water partition coefficient (Wildman–Crippen LogP) is 4.00. The molecule has 0 spiro atoms. The van der Waals surface area contributed by atoms with Crippen molar-refractivity contribution in [2.24, 2.45) is 5.41 Å². The number of hydrazine groups is 1. The van der Waals surface area contributed by atoms with E-state index in [-0.39, 0.29) is 5.82 Å². The summed E-state index contributed by atoms with van der Waals surface area (Å²) in [6.45, 7) is 4.95. The van der Waals surface area contributed by atoms with Crippen molar-refractivity contribution < 1.29 is 9.18 Å². The normalized spacial score (nSPS) is 27.0. The number of hydrogen-bond donors (Lipinski definition) is 0. The van der Waals surface area contributed by atoms with E-state index in [9.17, 15) is 9.18 Å². The molecule has 1 aliphatic heterocycles. The Morgan fingerprint density at radius 1 is 1.21 bits per heavy atom. The number of rotatable bonds is 1. The molecule has 3 aliphatic rings. The molecule has 3 nitrogen and oxygen atoms in total. The van der Waals surface area contributed by atoms with Crippen LogP contribution in [-0.2, 0) is 4.79 Å². The first kappa shape index (κ1) is 15.3. The van der Waals surface area contributed by atoms with E-state index in [1.807, 2.05) is 13.1 Å². The van der Waals surface area contributed by atoms with Crippen molar-refractivity contribution in [3.05, 3.63) is 64.7 Å². The number of likely N-dealkylation sites (N-methyl/N-ethyl adjacent to an activating group) is 1. The Balaban J connectivity index is 1.81. The molecule has 24 heavy (non-hydrogen) atoms. The maximum atomic E-state index is 13.3. The van der Waals surface area contributed by atoms with Gasteiger partial charge in [0.25, 0.3) is 0 Å². The minimum absolute atomic E-state index is 0.235. The van der Waals surface area contributed by atoms with Crippen molar-refractivity contribution in [2.75, 3.05) is 18.6 Å². The Morgan fingerprint density at radius 3 is 2.62 bits per heavy atom. The second-order valence-corrected chi connectivity index (χ2v) is 7.17. The Bertz CT molecular complexity index is 819. The van der Waals surface area contributed by atoms with Crippen LogP contribution in [0.2, 0.25) is 0 Å². The standard InChI is InChI=1S/C20H21FN2O/c1-13-4-9-19(24)20(2)11-14-12-22(3)23(18(14)10-17(13)20)16-7-5-15(21)6-8-16/h4-8,10H,9,11-12H2,1-3H3. The molecule has 0 aromatic heterocycles. The molecule has 1 aromatic rings. The van der Waals surface area contributed by atoms with Gasteiger partial charge in [-0.05, 0) is 61.8 Å². The van der Waals surface area contributed by atoms with E-state index >= 15 is 0 Å². The van der Waals surface area contributed by atoms with Crippen molar-refractivity contribution in [3.8, 4) is 0 Å². The highest BCUT2D eigenvalue weighted by atomic mass is 19.1. The third-order valence-corrected chi connectivity index (χ3v) is 5.50. The highest BCUT2D eigenvalue weighted by Crippen LogP contribution is 2.49. The van der Waals surface area contributed by atoms with Crippen molar-refractivity contribution in [1.29, 1.82) is 0 Å². The van der Waals surface area contributed by atoms with Gasteiger partial charge in [0.1, 0.15) is 11.6 Å². The molecular weight excluding hydrogens is 303 g/mol. The molecule has 1 heterocycles. The van der Waals surface area contributed by atoms with Crippen LogP contribution in [0, 0.1) is 11.2 Å². The van der Waals surface area contributed by atoms with Gasteiger partial charge in [0.15, 0.2) is 0 Å². The fraction of sp³-hybridized carbons (Fsp3) is 0.350. The highest BCUT2D eigenvalue weighted by molar-refractivity contribution is 5.93. The summed E-state index contributed by atoms with van der Waals surface area (Å²) in [6.07, 6.45) is 5.48. The van der Waals surface area contributed by atoms with Crippen LogP contribution in [0.4, 0.5) is 10.1 Å². The van der Waals surface area contributed by atoms with Crippen LogP contribution in [0.1, 0.15) is 26.7 Å². The van der Waals surface area contributed by atoms with Crippen LogP contribution in [0.3, 0.4) is 0 Å². The van der Waals surface area contributed by atoms with E-state index < -0.39 is 5.41 Å². The molecule has 0 radical (unpaired) electrons. The average Bonchev–Trinajstić information content (AvgIpc) is 2.85. The number of anilines is 1. The third-order valence-electron chi connectivity index (χ3n) is 5.50. The SMILES string of the molecule is CC1=CCC(=O)C2(C)CC3=C(C=C12)N(c1ccc(F)cc1)N(C)C3. The average molecular weight is 324 g/mol. The molecular formula is C20H21FN2O. The second-order valence-electron chi connectivity index (χ2n) is 7.17. The van der Waals surface area contributed by atoms with Crippen LogP contribution < -0.4 is 5.01 Å². The zero-order chi connectivity index (χ0) is 17.1. The van der Waals surface area contributed by atoms with Gasteiger partial charge >= 0.3 is 0 Å². The summed E-state index contributed by atoms with van der Waals surface area (Å²) >= 11 is 0. The number of benzene rings is 1. The maximum Gasteiger partial charge on any atom is 0.147 e. The smallest absolute Gasteiger partial charge is 0.147 e. The molecule has 0 saturated heterocycles. The lowest BCUT2D eigenvalue weighted by Crippen LogP contribution is -2.36. The highest BCUT2D eigenvalue weighted by Gasteiger charge is 2.45. The van der Waals surface area contributed by atoms with Gasteiger partial charge in [-0.2, -0.15) is 0 Å². The van der Waals surface area contributed by atoms with E-state index in [0.717, 1.165) is 29.9 Å². The maximum absolute atomic E-state index is 13.3. The summed E-state index contributed by atoms with van der Waals surface area (Å²) in [5, 5.41) is 4.24. The summed E-state index contributed by atoms with van der Waals surface area (Å²) in [5.41, 5.74) is 5.25. The Labute approximate surface area is 141 Å². The van der Waals surface area contributed by atoms with Gasteiger partial charge in [-0.25, -0.2) is 9.40 Å². The molecule has 0 saturated carbocycles. The van der Waals surface area contributed by atoms with Gasteiger partial charge in [0, 0.05) is 20.0 Å². The van der Waals surface area contributed by atoms with Gasteiger partial charge in [-0.3, -0.25) is 9.80 Å². The number of Topliss-reactive ketones (excluding diaryl/α,β-unsaturated/α-hetero) is 1. The van der Waals surface area contributed by atoms with Crippen LogP contribution in [0.5, 0.6) is 0 Å². The molecule has 0 bridgehead atoms. The van der Waals surface area contributed by atoms with Crippen LogP contribution in [0.25, 0.3) is 0 Å². The molecule has 0 amide bonds. The van der Waals surface area contributed by atoms with Gasteiger partial charge in [0.2, 0.25) is 0 Å². The van der Waals surface area contributed by atoms with Crippen molar-refractivity contribution >= 4 is 11.5 Å². The number of halogens is 1. The zero-order valence-electron chi connectivity index (χ0n) is 14.3. The minimum Gasteiger partial charge on any atom is -0.298 e. The Morgan fingerprint density at radius 2 is 1.92 bits per heavy atom. The monoisotopic (exact) mass is 324 g/mol. The summed E-state index contributed by atoms with van der Waals surface area (Å²) in [5.74, 6) is 0.0646. The minimum atomic E-state index is -0.405. The third kappa shape index (κ3) is 2.09. The van der Waals surface area contributed by atoms with E-state index in [0.29, 0.717) is 12.2 Å². The molecule has 4 heteroatoms. The van der Waals surface area contributed by atoms with Gasteiger partial charge < -0.3 is 0 Å². The van der Waals surface area contributed by atoms with E-state index in [4.69, 9.17) is 0 Å². The number of nitrogens with zero attached hydrogens (tertiary/aromatic N) is 2. The molecule has 124 valence electrons. The van der Waals surface area contributed by atoms with Crippen LogP contribution in [-0.4, -0.2) is 24.4 Å². The second kappa shape index (κ2) is 5.15. The Kier molecular flexibility index (Phi) is 3.29. The van der Waals surface area contributed by atoms with Gasteiger partial charge in [-0.15, -0.1) is 0 Å². The molecule has 4 rings (SSSR count). The molecule has 1 unspecified atom stereocenters. The van der Waals surface area contributed by atoms with Gasteiger partial charge in [0.05, 0.1) is 16.8 Å². The number of ketones is 1.